The number of hydrogen-bond acceptors (Lipinski definition) is 5. The maximum atomic E-state index is 12.9. The van der Waals surface area contributed by atoms with Gasteiger partial charge in [-0.2, -0.15) is 0 Å². The van der Waals surface area contributed by atoms with Crippen molar-refractivity contribution in [3.8, 4) is 11.1 Å². The number of aliphatic carboxylic acids is 1. The Morgan fingerprint density at radius 1 is 1.06 bits per heavy atom. The second-order valence-electron chi connectivity index (χ2n) is 9.89. The lowest BCUT2D eigenvalue weighted by molar-refractivity contribution is -0.146. The topological polar surface area (TPSA) is 114 Å². The molecule has 0 aliphatic heterocycles. The van der Waals surface area contributed by atoms with Gasteiger partial charge in [-0.15, -0.1) is 0 Å². The molecule has 5 rings (SSSR count). The lowest BCUT2D eigenvalue weighted by Gasteiger charge is -2.23. The number of carboxylic acids is 1. The maximum absolute atomic E-state index is 12.9. The molecule has 0 saturated heterocycles. The van der Waals surface area contributed by atoms with Crippen LogP contribution in [0.15, 0.2) is 48.5 Å². The summed E-state index contributed by atoms with van der Waals surface area (Å²) in [4.78, 5) is 37.1. The number of carboxylic acid groups (broad SMARTS) is 1. The van der Waals surface area contributed by atoms with E-state index in [1.54, 1.807) is 6.92 Å². The molecule has 35 heavy (non-hydrogen) atoms. The van der Waals surface area contributed by atoms with Crippen molar-refractivity contribution in [2.24, 2.45) is 11.3 Å². The van der Waals surface area contributed by atoms with Crippen molar-refractivity contribution in [3.63, 3.8) is 0 Å². The molecule has 2 saturated carbocycles. The van der Waals surface area contributed by atoms with Crippen molar-refractivity contribution in [2.75, 3.05) is 13.7 Å². The van der Waals surface area contributed by atoms with E-state index in [9.17, 15) is 19.5 Å². The highest BCUT2D eigenvalue weighted by Crippen LogP contribution is 2.63. The molecule has 0 aromatic heterocycles. The fourth-order valence-corrected chi connectivity index (χ4v) is 5.89. The molecule has 3 N–H and O–H groups in total. The van der Waals surface area contributed by atoms with Crippen molar-refractivity contribution in [2.45, 2.75) is 50.3 Å². The Morgan fingerprint density at radius 2 is 1.69 bits per heavy atom. The summed E-state index contributed by atoms with van der Waals surface area (Å²) >= 11 is 0. The monoisotopic (exact) mass is 478 g/mol. The number of methoxy groups -OCH3 is 1. The van der Waals surface area contributed by atoms with E-state index < -0.39 is 29.6 Å². The summed E-state index contributed by atoms with van der Waals surface area (Å²) in [5.41, 5.74) is 4.02. The minimum Gasteiger partial charge on any atom is -0.480 e. The number of alkyl carbamates (subject to hydrolysis) is 1. The molecule has 0 spiro atoms. The Morgan fingerprint density at radius 3 is 2.29 bits per heavy atom. The zero-order valence-electron chi connectivity index (χ0n) is 19.8. The second-order valence-corrected chi connectivity index (χ2v) is 9.89. The summed E-state index contributed by atoms with van der Waals surface area (Å²) in [6, 6.07) is 15.0. The molecule has 0 heterocycles. The van der Waals surface area contributed by atoms with Crippen LogP contribution in [0.4, 0.5) is 4.79 Å². The number of benzene rings is 2. The molecule has 2 aromatic carbocycles. The standard InChI is InChI=1S/C27H30N2O6/c1-15(34-2)23(24(30)31)29-25(32)27-12-16(27)11-17(13-27)28-26(33)35-14-22-20-9-5-3-7-18(20)19-8-4-6-10-21(19)22/h3-10,15-17,22-23H,11-14H2,1-2H3,(H,28,33)(H,29,32)(H,30,31)/t15-,16?,17?,23+,27?/m1/s1. The summed E-state index contributed by atoms with van der Waals surface area (Å²) in [6.45, 7) is 1.84. The normalized spacial score (nSPS) is 25.5. The molecular formula is C27H30N2O6. The number of amides is 2. The predicted octanol–water partition coefficient (Wildman–Crippen LogP) is 3.30. The van der Waals surface area contributed by atoms with Gasteiger partial charge >= 0.3 is 12.1 Å². The first-order valence-corrected chi connectivity index (χ1v) is 12.0. The molecule has 8 nitrogen and oxygen atoms in total. The highest BCUT2D eigenvalue weighted by molar-refractivity contribution is 5.90. The SMILES string of the molecule is CO[C@H](C)[C@H](NC(=O)C12CC(NC(=O)OCC3c4ccccc4-c4ccccc43)CC1C2)C(=O)O. The van der Waals surface area contributed by atoms with Gasteiger partial charge in [0.25, 0.3) is 0 Å². The molecule has 2 aromatic rings. The van der Waals surface area contributed by atoms with Gasteiger partial charge in [0, 0.05) is 19.1 Å². The van der Waals surface area contributed by atoms with Gasteiger partial charge in [0.1, 0.15) is 6.61 Å². The lowest BCUT2D eigenvalue weighted by atomic mass is 9.98. The van der Waals surface area contributed by atoms with Crippen LogP contribution in [0.2, 0.25) is 0 Å². The average Bonchev–Trinajstić information content (AvgIpc) is 3.28. The number of carbonyl (C=O) groups is 3. The molecular weight excluding hydrogens is 448 g/mol. The largest absolute Gasteiger partial charge is 0.480 e. The summed E-state index contributed by atoms with van der Waals surface area (Å²) < 4.78 is 10.7. The van der Waals surface area contributed by atoms with Gasteiger partial charge in [-0.1, -0.05) is 48.5 Å². The summed E-state index contributed by atoms with van der Waals surface area (Å²) in [5.74, 6) is -1.30. The third kappa shape index (κ3) is 4.16. The Bertz CT molecular complexity index is 1120. The Balaban J connectivity index is 1.17. The summed E-state index contributed by atoms with van der Waals surface area (Å²) in [6.07, 6.45) is 0.706. The van der Waals surface area contributed by atoms with Crippen LogP contribution in [-0.4, -0.2) is 55.0 Å². The van der Waals surface area contributed by atoms with Crippen LogP contribution in [0, 0.1) is 11.3 Å². The predicted molar refractivity (Wildman–Crippen MR) is 128 cm³/mol. The van der Waals surface area contributed by atoms with Crippen LogP contribution < -0.4 is 10.6 Å². The number of rotatable bonds is 8. The zero-order valence-corrected chi connectivity index (χ0v) is 19.8. The van der Waals surface area contributed by atoms with E-state index >= 15 is 0 Å². The van der Waals surface area contributed by atoms with Gasteiger partial charge in [-0.3, -0.25) is 4.79 Å². The van der Waals surface area contributed by atoms with E-state index in [1.807, 2.05) is 24.3 Å². The zero-order chi connectivity index (χ0) is 24.7. The number of ether oxygens (including phenoxy) is 2. The van der Waals surface area contributed by atoms with Crippen LogP contribution in [0.25, 0.3) is 11.1 Å². The molecule has 2 fully saturated rings. The van der Waals surface area contributed by atoms with E-state index in [0.29, 0.717) is 19.3 Å². The van der Waals surface area contributed by atoms with E-state index in [4.69, 9.17) is 9.47 Å². The Hall–Kier alpha value is -3.39. The fourth-order valence-electron chi connectivity index (χ4n) is 5.89. The summed E-state index contributed by atoms with van der Waals surface area (Å²) in [7, 11) is 1.41. The fraction of sp³-hybridized carbons (Fsp3) is 0.444. The van der Waals surface area contributed by atoms with Gasteiger partial charge < -0.3 is 25.2 Å². The smallest absolute Gasteiger partial charge is 0.407 e. The minimum absolute atomic E-state index is 0.0158. The van der Waals surface area contributed by atoms with Crippen molar-refractivity contribution < 1.29 is 29.0 Å². The van der Waals surface area contributed by atoms with Gasteiger partial charge in [0.2, 0.25) is 5.91 Å². The van der Waals surface area contributed by atoms with Crippen molar-refractivity contribution in [1.29, 1.82) is 0 Å². The first kappa shape index (κ1) is 23.4. The first-order valence-electron chi connectivity index (χ1n) is 12.0. The maximum Gasteiger partial charge on any atom is 0.407 e. The number of carbonyl (C=O) groups excluding carboxylic acids is 2. The quantitative estimate of drug-likeness (QED) is 0.537. The molecule has 8 heteroatoms. The van der Waals surface area contributed by atoms with Crippen LogP contribution in [-0.2, 0) is 19.1 Å². The number of fused-ring (bicyclic) bond motifs is 4. The molecule has 2 amide bonds. The molecule has 5 atom stereocenters. The number of nitrogens with one attached hydrogen (secondary N) is 2. The van der Waals surface area contributed by atoms with Crippen molar-refractivity contribution in [1.82, 2.24) is 10.6 Å². The lowest BCUT2D eigenvalue weighted by Crippen LogP contribution is -2.51. The van der Waals surface area contributed by atoms with Gasteiger partial charge in [-0.05, 0) is 54.4 Å². The highest BCUT2D eigenvalue weighted by Gasteiger charge is 2.65. The molecule has 0 radical (unpaired) electrons. The molecule has 3 aliphatic carbocycles. The highest BCUT2D eigenvalue weighted by atomic mass is 16.5. The molecule has 0 bridgehead atoms. The van der Waals surface area contributed by atoms with Crippen molar-refractivity contribution >= 4 is 18.0 Å². The third-order valence-corrected chi connectivity index (χ3v) is 7.92. The van der Waals surface area contributed by atoms with E-state index in [2.05, 4.69) is 34.9 Å². The van der Waals surface area contributed by atoms with Crippen molar-refractivity contribution in [3.05, 3.63) is 59.7 Å². The van der Waals surface area contributed by atoms with Crippen LogP contribution >= 0.6 is 0 Å². The van der Waals surface area contributed by atoms with Gasteiger partial charge in [-0.25, -0.2) is 9.59 Å². The molecule has 184 valence electrons. The Labute approximate surface area is 204 Å². The average molecular weight is 479 g/mol. The van der Waals surface area contributed by atoms with E-state index in [0.717, 1.165) is 11.1 Å². The number of hydrogen-bond donors (Lipinski definition) is 3. The van der Waals surface area contributed by atoms with E-state index in [-0.39, 0.29) is 30.4 Å². The third-order valence-electron chi connectivity index (χ3n) is 7.92. The Kier molecular flexibility index (Phi) is 6.01. The first-order chi connectivity index (χ1) is 16.8. The van der Waals surface area contributed by atoms with Crippen LogP contribution in [0.3, 0.4) is 0 Å². The van der Waals surface area contributed by atoms with Gasteiger partial charge in [0.15, 0.2) is 6.04 Å². The summed E-state index contributed by atoms with van der Waals surface area (Å²) in [5, 5.41) is 15.0. The van der Waals surface area contributed by atoms with E-state index in [1.165, 1.54) is 18.2 Å². The van der Waals surface area contributed by atoms with Gasteiger partial charge in [0.05, 0.1) is 11.5 Å². The van der Waals surface area contributed by atoms with Crippen LogP contribution in [0.5, 0.6) is 0 Å². The molecule has 3 unspecified atom stereocenters. The minimum atomic E-state index is -1.13. The molecule has 3 aliphatic rings. The van der Waals surface area contributed by atoms with Crippen LogP contribution in [0.1, 0.15) is 43.2 Å². The second kappa shape index (κ2) is 9.00.